The van der Waals surface area contributed by atoms with Crippen LogP contribution in [0, 0.1) is 11.3 Å². The standard InChI is InChI=1S/C13H14N2OS/c1-8(2)6-12(16)15-13-10(7-14)9-4-3-5-11(9)17-13/h6H,3-5H2,1-2H3,(H,15,16). The molecule has 0 unspecified atom stereocenters. The maximum atomic E-state index is 11.6. The van der Waals surface area contributed by atoms with Crippen LogP contribution in [0.5, 0.6) is 0 Å². The fourth-order valence-corrected chi connectivity index (χ4v) is 3.26. The van der Waals surface area contributed by atoms with Crippen molar-refractivity contribution in [2.45, 2.75) is 33.1 Å². The molecule has 0 aliphatic heterocycles. The summed E-state index contributed by atoms with van der Waals surface area (Å²) in [5.74, 6) is -0.151. The van der Waals surface area contributed by atoms with Crippen LogP contribution in [0.1, 0.15) is 36.3 Å². The van der Waals surface area contributed by atoms with Gasteiger partial charge < -0.3 is 5.32 Å². The monoisotopic (exact) mass is 246 g/mol. The van der Waals surface area contributed by atoms with Crippen LogP contribution in [-0.2, 0) is 17.6 Å². The molecule has 0 aromatic carbocycles. The van der Waals surface area contributed by atoms with Gasteiger partial charge in [-0.15, -0.1) is 11.3 Å². The highest BCUT2D eigenvalue weighted by Gasteiger charge is 2.22. The van der Waals surface area contributed by atoms with Crippen LogP contribution in [0.15, 0.2) is 11.6 Å². The van der Waals surface area contributed by atoms with Gasteiger partial charge in [0.2, 0.25) is 5.91 Å². The van der Waals surface area contributed by atoms with Crippen LogP contribution in [0.3, 0.4) is 0 Å². The Bertz CT molecular complexity index is 530. The molecule has 1 aliphatic rings. The lowest BCUT2D eigenvalue weighted by Gasteiger charge is -2.00. The Balaban J connectivity index is 2.26. The van der Waals surface area contributed by atoms with Crippen molar-refractivity contribution >= 4 is 22.2 Å². The third-order valence-corrected chi connectivity index (χ3v) is 3.90. The van der Waals surface area contributed by atoms with Gasteiger partial charge in [0.15, 0.2) is 0 Å². The Morgan fingerprint density at radius 1 is 1.47 bits per heavy atom. The summed E-state index contributed by atoms with van der Waals surface area (Å²) in [4.78, 5) is 12.9. The van der Waals surface area contributed by atoms with E-state index in [-0.39, 0.29) is 5.91 Å². The predicted octanol–water partition coefficient (Wildman–Crippen LogP) is 3.01. The van der Waals surface area contributed by atoms with Crippen molar-refractivity contribution < 1.29 is 4.79 Å². The molecule has 4 heteroatoms. The average Bonchev–Trinajstić information content (AvgIpc) is 2.75. The molecule has 88 valence electrons. The summed E-state index contributed by atoms with van der Waals surface area (Å²) >= 11 is 1.54. The first-order valence-corrected chi connectivity index (χ1v) is 6.44. The molecule has 0 saturated carbocycles. The zero-order valence-corrected chi connectivity index (χ0v) is 10.8. The summed E-state index contributed by atoms with van der Waals surface area (Å²) < 4.78 is 0. The molecule has 0 radical (unpaired) electrons. The van der Waals surface area contributed by atoms with E-state index in [1.165, 1.54) is 4.88 Å². The summed E-state index contributed by atoms with van der Waals surface area (Å²) in [6.45, 7) is 3.75. The number of allylic oxidation sites excluding steroid dienone is 1. The fraction of sp³-hybridized carbons (Fsp3) is 0.385. The van der Waals surface area contributed by atoms with Gasteiger partial charge in [0.1, 0.15) is 11.1 Å². The molecule has 1 aromatic rings. The summed E-state index contributed by atoms with van der Waals surface area (Å²) in [6.07, 6.45) is 4.67. The maximum Gasteiger partial charge on any atom is 0.248 e. The van der Waals surface area contributed by atoms with E-state index < -0.39 is 0 Å². The van der Waals surface area contributed by atoms with E-state index in [2.05, 4.69) is 11.4 Å². The number of aryl methyl sites for hydroxylation is 1. The number of hydrogen-bond acceptors (Lipinski definition) is 3. The van der Waals surface area contributed by atoms with E-state index in [0.717, 1.165) is 30.4 Å². The van der Waals surface area contributed by atoms with Crippen molar-refractivity contribution in [3.8, 4) is 6.07 Å². The van der Waals surface area contributed by atoms with Crippen molar-refractivity contribution in [3.63, 3.8) is 0 Å². The molecule has 0 fully saturated rings. The van der Waals surface area contributed by atoms with Gasteiger partial charge in [-0.25, -0.2) is 0 Å². The molecule has 0 spiro atoms. The number of hydrogen-bond donors (Lipinski definition) is 1. The van der Waals surface area contributed by atoms with Crippen LogP contribution < -0.4 is 5.32 Å². The summed E-state index contributed by atoms with van der Waals surface area (Å²) in [5, 5.41) is 12.7. The van der Waals surface area contributed by atoms with E-state index >= 15 is 0 Å². The largest absolute Gasteiger partial charge is 0.313 e. The number of carbonyl (C=O) groups is 1. The number of thiophene rings is 1. The lowest BCUT2D eigenvalue weighted by atomic mass is 10.1. The van der Waals surface area contributed by atoms with Gasteiger partial charge in [0.25, 0.3) is 0 Å². The Morgan fingerprint density at radius 3 is 2.88 bits per heavy atom. The Hall–Kier alpha value is -1.60. The third-order valence-electron chi connectivity index (χ3n) is 2.69. The smallest absolute Gasteiger partial charge is 0.248 e. The number of nitrogens with one attached hydrogen (secondary N) is 1. The maximum absolute atomic E-state index is 11.6. The van der Waals surface area contributed by atoms with E-state index in [4.69, 9.17) is 5.26 Å². The van der Waals surface area contributed by atoms with E-state index in [1.54, 1.807) is 17.4 Å². The molecular weight excluding hydrogens is 232 g/mol. The number of nitriles is 1. The van der Waals surface area contributed by atoms with Crippen molar-refractivity contribution in [3.05, 3.63) is 27.7 Å². The summed E-state index contributed by atoms with van der Waals surface area (Å²) in [5.41, 5.74) is 2.76. The number of carbonyl (C=O) groups excluding carboxylic acids is 1. The molecule has 1 N–H and O–H groups in total. The van der Waals surface area contributed by atoms with Crippen molar-refractivity contribution in [2.24, 2.45) is 0 Å². The lowest BCUT2D eigenvalue weighted by molar-refractivity contribution is -0.111. The molecule has 1 amide bonds. The van der Waals surface area contributed by atoms with E-state index in [1.807, 2.05) is 13.8 Å². The van der Waals surface area contributed by atoms with Gasteiger partial charge in [0, 0.05) is 11.0 Å². The van der Waals surface area contributed by atoms with Gasteiger partial charge in [0.05, 0.1) is 5.56 Å². The number of anilines is 1. The Kier molecular flexibility index (Phi) is 3.30. The Labute approximate surface area is 105 Å². The average molecular weight is 246 g/mol. The fourth-order valence-electron chi connectivity index (χ4n) is 2.02. The van der Waals surface area contributed by atoms with Crippen LogP contribution in [0.2, 0.25) is 0 Å². The van der Waals surface area contributed by atoms with Crippen LogP contribution in [0.25, 0.3) is 0 Å². The van der Waals surface area contributed by atoms with Gasteiger partial charge in [-0.1, -0.05) is 5.57 Å². The number of amides is 1. The van der Waals surface area contributed by atoms with Crippen LogP contribution in [0.4, 0.5) is 5.00 Å². The highest BCUT2D eigenvalue weighted by atomic mass is 32.1. The summed E-state index contributed by atoms with van der Waals surface area (Å²) in [6, 6.07) is 2.21. The number of nitrogens with zero attached hydrogens (tertiary/aromatic N) is 1. The minimum atomic E-state index is -0.151. The quantitative estimate of drug-likeness (QED) is 0.815. The van der Waals surface area contributed by atoms with E-state index in [9.17, 15) is 4.79 Å². The molecule has 1 aromatic heterocycles. The Morgan fingerprint density at radius 2 is 2.24 bits per heavy atom. The first kappa shape index (κ1) is 11.9. The normalized spacial score (nSPS) is 12.8. The minimum absolute atomic E-state index is 0.151. The van der Waals surface area contributed by atoms with Crippen LogP contribution >= 0.6 is 11.3 Å². The van der Waals surface area contributed by atoms with Crippen molar-refractivity contribution in [2.75, 3.05) is 5.32 Å². The molecule has 0 saturated heterocycles. The topological polar surface area (TPSA) is 52.9 Å². The van der Waals surface area contributed by atoms with Gasteiger partial charge in [-0.05, 0) is 38.7 Å². The number of rotatable bonds is 2. The minimum Gasteiger partial charge on any atom is -0.313 e. The second-order valence-electron chi connectivity index (χ2n) is 4.38. The van der Waals surface area contributed by atoms with Crippen molar-refractivity contribution in [1.82, 2.24) is 0 Å². The van der Waals surface area contributed by atoms with Gasteiger partial charge in [-0.3, -0.25) is 4.79 Å². The predicted molar refractivity (Wildman–Crippen MR) is 69.1 cm³/mol. The second-order valence-corrected chi connectivity index (χ2v) is 5.49. The number of fused-ring (bicyclic) bond motifs is 1. The van der Waals surface area contributed by atoms with Crippen LogP contribution in [-0.4, -0.2) is 5.91 Å². The third kappa shape index (κ3) is 2.40. The van der Waals surface area contributed by atoms with Gasteiger partial charge in [-0.2, -0.15) is 5.26 Å². The zero-order valence-electron chi connectivity index (χ0n) is 9.96. The molecule has 0 atom stereocenters. The SMILES string of the molecule is CC(C)=CC(=O)Nc1sc2c(c1C#N)CCC2. The highest BCUT2D eigenvalue weighted by Crippen LogP contribution is 2.38. The molecule has 1 aliphatic carbocycles. The van der Waals surface area contributed by atoms with Gasteiger partial charge >= 0.3 is 0 Å². The molecule has 3 nitrogen and oxygen atoms in total. The molecule has 17 heavy (non-hydrogen) atoms. The zero-order chi connectivity index (χ0) is 12.4. The molecule has 2 rings (SSSR count). The summed E-state index contributed by atoms with van der Waals surface area (Å²) in [7, 11) is 0. The first-order chi connectivity index (χ1) is 8.11. The molecular formula is C13H14N2OS. The first-order valence-electron chi connectivity index (χ1n) is 5.62. The highest BCUT2D eigenvalue weighted by molar-refractivity contribution is 7.16. The lowest BCUT2D eigenvalue weighted by Crippen LogP contribution is -2.08. The van der Waals surface area contributed by atoms with Crippen molar-refractivity contribution in [1.29, 1.82) is 5.26 Å². The molecule has 0 bridgehead atoms. The van der Waals surface area contributed by atoms with E-state index in [0.29, 0.717) is 10.6 Å². The second kappa shape index (κ2) is 4.72. The molecule has 1 heterocycles.